The normalized spacial score (nSPS) is 23.6. The third-order valence-electron chi connectivity index (χ3n) is 5.05. The molecule has 1 saturated heterocycles. The summed E-state index contributed by atoms with van der Waals surface area (Å²) in [5.74, 6) is 1.23. The lowest BCUT2D eigenvalue weighted by Gasteiger charge is -2.18. The van der Waals surface area contributed by atoms with Crippen LogP contribution in [0.5, 0.6) is 0 Å². The molecule has 132 valence electrons. The van der Waals surface area contributed by atoms with Crippen molar-refractivity contribution in [2.24, 2.45) is 5.92 Å². The van der Waals surface area contributed by atoms with Crippen molar-refractivity contribution in [1.29, 1.82) is 0 Å². The first-order chi connectivity index (χ1) is 12.2. The minimum Gasteiger partial charge on any atom is -0.334 e. The zero-order valence-corrected chi connectivity index (χ0v) is 14.4. The Morgan fingerprint density at radius 3 is 2.92 bits per heavy atom. The number of nitrogens with one attached hydrogen (secondary N) is 2. The Morgan fingerprint density at radius 2 is 2.16 bits per heavy atom. The van der Waals surface area contributed by atoms with E-state index >= 15 is 0 Å². The van der Waals surface area contributed by atoms with Crippen molar-refractivity contribution in [2.45, 2.75) is 38.4 Å². The Morgan fingerprint density at radius 1 is 1.28 bits per heavy atom. The molecule has 4 rings (SSSR count). The number of urea groups is 1. The second-order valence-corrected chi connectivity index (χ2v) is 7.03. The molecule has 1 aliphatic carbocycles. The molecule has 25 heavy (non-hydrogen) atoms. The lowest BCUT2D eigenvalue weighted by Crippen LogP contribution is -2.45. The molecule has 1 aliphatic heterocycles. The smallest absolute Gasteiger partial charge is 0.315 e. The van der Waals surface area contributed by atoms with Crippen molar-refractivity contribution in [2.75, 3.05) is 13.1 Å². The Kier molecular flexibility index (Phi) is 4.40. The van der Waals surface area contributed by atoms with E-state index in [0.717, 1.165) is 30.5 Å². The van der Waals surface area contributed by atoms with Crippen molar-refractivity contribution in [1.82, 2.24) is 30.3 Å². The van der Waals surface area contributed by atoms with Gasteiger partial charge in [0.1, 0.15) is 0 Å². The molecule has 7 heteroatoms. The highest BCUT2D eigenvalue weighted by Crippen LogP contribution is 2.31. The van der Waals surface area contributed by atoms with Crippen LogP contribution in [-0.2, 0) is 6.54 Å². The predicted octanol–water partition coefficient (Wildman–Crippen LogP) is 1.55. The van der Waals surface area contributed by atoms with Crippen molar-refractivity contribution in [3.63, 3.8) is 0 Å². The van der Waals surface area contributed by atoms with Crippen molar-refractivity contribution < 1.29 is 4.79 Å². The SMILES string of the molecule is CC1CN(C2CC2)CC1NC(=O)NCc1cccnc1-n1cccn1. The predicted molar refractivity (Wildman–Crippen MR) is 94.3 cm³/mol. The van der Waals surface area contributed by atoms with Gasteiger partial charge in [-0.3, -0.25) is 4.90 Å². The van der Waals surface area contributed by atoms with E-state index in [-0.39, 0.29) is 12.1 Å². The maximum Gasteiger partial charge on any atom is 0.315 e. The van der Waals surface area contributed by atoms with Crippen LogP contribution in [0.25, 0.3) is 5.82 Å². The van der Waals surface area contributed by atoms with Crippen LogP contribution in [0.2, 0.25) is 0 Å². The van der Waals surface area contributed by atoms with Crippen LogP contribution in [0.3, 0.4) is 0 Å². The van der Waals surface area contributed by atoms with Gasteiger partial charge in [-0.15, -0.1) is 0 Å². The zero-order chi connectivity index (χ0) is 17.2. The number of carbonyl (C=O) groups is 1. The first kappa shape index (κ1) is 16.1. The fourth-order valence-electron chi connectivity index (χ4n) is 3.49. The van der Waals surface area contributed by atoms with Crippen molar-refractivity contribution in [3.05, 3.63) is 42.4 Å². The number of carbonyl (C=O) groups excluding carboxylic acids is 1. The molecule has 2 atom stereocenters. The summed E-state index contributed by atoms with van der Waals surface area (Å²) in [6.07, 6.45) is 7.91. The molecule has 0 bridgehead atoms. The van der Waals surface area contributed by atoms with Crippen LogP contribution in [-0.4, -0.2) is 50.9 Å². The molecule has 0 radical (unpaired) electrons. The van der Waals surface area contributed by atoms with E-state index in [1.165, 1.54) is 12.8 Å². The van der Waals surface area contributed by atoms with Gasteiger partial charge < -0.3 is 10.6 Å². The summed E-state index contributed by atoms with van der Waals surface area (Å²) in [7, 11) is 0. The maximum atomic E-state index is 12.3. The zero-order valence-electron chi connectivity index (χ0n) is 14.4. The fraction of sp³-hybridized carbons (Fsp3) is 0.500. The van der Waals surface area contributed by atoms with Crippen LogP contribution < -0.4 is 10.6 Å². The summed E-state index contributed by atoms with van der Waals surface area (Å²) in [4.78, 5) is 19.2. The Labute approximate surface area is 147 Å². The number of amides is 2. The molecular weight excluding hydrogens is 316 g/mol. The van der Waals surface area contributed by atoms with E-state index in [2.05, 4.69) is 32.5 Å². The molecule has 0 aromatic carbocycles. The molecule has 7 nitrogen and oxygen atoms in total. The van der Waals surface area contributed by atoms with E-state index in [1.54, 1.807) is 17.1 Å². The highest BCUT2D eigenvalue weighted by atomic mass is 16.2. The highest BCUT2D eigenvalue weighted by Gasteiger charge is 2.38. The van der Waals surface area contributed by atoms with Gasteiger partial charge in [-0.25, -0.2) is 14.5 Å². The molecule has 3 heterocycles. The number of hydrogen-bond donors (Lipinski definition) is 2. The van der Waals surface area contributed by atoms with Gasteiger partial charge in [0.2, 0.25) is 0 Å². The van der Waals surface area contributed by atoms with Crippen LogP contribution >= 0.6 is 0 Å². The second kappa shape index (κ2) is 6.84. The van der Waals surface area contributed by atoms with E-state index in [9.17, 15) is 4.79 Å². The molecule has 2 aliphatic rings. The van der Waals surface area contributed by atoms with Crippen LogP contribution in [0.1, 0.15) is 25.3 Å². The summed E-state index contributed by atoms with van der Waals surface area (Å²) in [6, 6.07) is 6.53. The Balaban J connectivity index is 1.33. The van der Waals surface area contributed by atoms with E-state index in [0.29, 0.717) is 12.5 Å². The minimum absolute atomic E-state index is 0.121. The average Bonchev–Trinajstić information content (AvgIpc) is 3.20. The number of nitrogens with zero attached hydrogens (tertiary/aromatic N) is 4. The van der Waals surface area contributed by atoms with E-state index in [4.69, 9.17) is 0 Å². The second-order valence-electron chi connectivity index (χ2n) is 7.03. The topological polar surface area (TPSA) is 75.1 Å². The molecular formula is C18H24N6O. The highest BCUT2D eigenvalue weighted by molar-refractivity contribution is 5.74. The average molecular weight is 340 g/mol. The maximum absolute atomic E-state index is 12.3. The number of likely N-dealkylation sites (tertiary alicyclic amines) is 1. The number of aromatic nitrogens is 3. The first-order valence-corrected chi connectivity index (χ1v) is 8.93. The summed E-state index contributed by atoms with van der Waals surface area (Å²) >= 11 is 0. The lowest BCUT2D eigenvalue weighted by atomic mass is 10.1. The molecule has 1 saturated carbocycles. The van der Waals surface area contributed by atoms with Gasteiger partial charge in [-0.05, 0) is 30.9 Å². The summed E-state index contributed by atoms with van der Waals surface area (Å²) < 4.78 is 1.71. The Hall–Kier alpha value is -2.41. The van der Waals surface area contributed by atoms with Gasteiger partial charge >= 0.3 is 6.03 Å². The summed E-state index contributed by atoms with van der Waals surface area (Å²) in [6.45, 7) is 4.68. The van der Waals surface area contributed by atoms with Crippen LogP contribution in [0, 0.1) is 5.92 Å². The van der Waals surface area contributed by atoms with Crippen LogP contribution in [0.4, 0.5) is 4.79 Å². The number of pyridine rings is 1. The summed E-state index contributed by atoms with van der Waals surface area (Å²) in [5, 5.41) is 10.3. The minimum atomic E-state index is -0.121. The lowest BCUT2D eigenvalue weighted by molar-refractivity contribution is 0.234. The van der Waals surface area contributed by atoms with Gasteiger partial charge in [0.25, 0.3) is 0 Å². The number of rotatable bonds is 5. The molecule has 2 fully saturated rings. The summed E-state index contributed by atoms with van der Waals surface area (Å²) in [5.41, 5.74) is 0.931. The largest absolute Gasteiger partial charge is 0.334 e. The Bertz CT molecular complexity index is 727. The molecule has 2 N–H and O–H groups in total. The monoisotopic (exact) mass is 340 g/mol. The fourth-order valence-corrected chi connectivity index (χ4v) is 3.49. The quantitative estimate of drug-likeness (QED) is 0.866. The number of hydrogen-bond acceptors (Lipinski definition) is 4. The third-order valence-corrected chi connectivity index (χ3v) is 5.05. The molecule has 2 amide bonds. The van der Waals surface area contributed by atoms with Gasteiger partial charge in [0.05, 0.1) is 0 Å². The standard InChI is InChI=1S/C18H24N6O/c1-13-11-23(15-5-6-15)12-16(13)22-18(25)20-10-14-4-2-7-19-17(14)24-9-3-8-21-24/h2-4,7-9,13,15-16H,5-6,10-12H2,1H3,(H2,20,22,25). The van der Waals surface area contributed by atoms with Crippen molar-refractivity contribution >= 4 is 6.03 Å². The van der Waals surface area contributed by atoms with Gasteiger partial charge in [-0.1, -0.05) is 13.0 Å². The van der Waals surface area contributed by atoms with Gasteiger partial charge in [-0.2, -0.15) is 5.10 Å². The molecule has 2 aromatic rings. The van der Waals surface area contributed by atoms with E-state index in [1.807, 2.05) is 24.4 Å². The van der Waals surface area contributed by atoms with Crippen molar-refractivity contribution in [3.8, 4) is 5.82 Å². The first-order valence-electron chi connectivity index (χ1n) is 8.93. The van der Waals surface area contributed by atoms with Gasteiger partial charge in [0, 0.05) is 55.9 Å². The molecule has 2 unspecified atom stereocenters. The molecule has 0 spiro atoms. The van der Waals surface area contributed by atoms with E-state index < -0.39 is 0 Å². The van der Waals surface area contributed by atoms with Gasteiger partial charge in [0.15, 0.2) is 5.82 Å². The van der Waals surface area contributed by atoms with Crippen LogP contribution in [0.15, 0.2) is 36.8 Å². The molecule has 2 aromatic heterocycles. The third kappa shape index (κ3) is 3.66.